The Hall–Kier alpha value is -3.24. The average Bonchev–Trinajstić information content (AvgIpc) is 3.11. The Labute approximate surface area is 184 Å². The van der Waals surface area contributed by atoms with Crippen LogP contribution in [0.25, 0.3) is 22.2 Å². The van der Waals surface area contributed by atoms with E-state index < -0.39 is 35.5 Å². The smallest absolute Gasteiger partial charge is 0.240 e. The van der Waals surface area contributed by atoms with Crippen molar-refractivity contribution in [1.29, 1.82) is 0 Å². The molecular formula is C17H23N9O4S2. The van der Waals surface area contributed by atoms with Gasteiger partial charge in [0.15, 0.2) is 21.6 Å². The Morgan fingerprint density at radius 2 is 1.84 bits per heavy atom. The van der Waals surface area contributed by atoms with Gasteiger partial charge in [-0.2, -0.15) is 0 Å². The minimum absolute atomic E-state index is 0.0954. The summed E-state index contributed by atoms with van der Waals surface area (Å²) in [4.78, 5) is 5.87. The van der Waals surface area contributed by atoms with Crippen LogP contribution in [0, 0.1) is 0 Å². The van der Waals surface area contributed by atoms with Crippen LogP contribution in [0.3, 0.4) is 0 Å². The summed E-state index contributed by atoms with van der Waals surface area (Å²) in [5.74, 6) is 4.58. The number of nitrogen functional groups attached to an aromatic ring is 1. The summed E-state index contributed by atoms with van der Waals surface area (Å²) in [6.07, 6.45) is 0.114. The number of anilines is 1. The number of H-pyrrole nitrogens is 1. The number of imidazole rings is 1. The van der Waals surface area contributed by atoms with Gasteiger partial charge >= 0.3 is 0 Å². The van der Waals surface area contributed by atoms with Crippen LogP contribution in [0.1, 0.15) is 12.0 Å². The number of hydrazine groups is 1. The van der Waals surface area contributed by atoms with Crippen molar-refractivity contribution in [3.8, 4) is 11.1 Å². The van der Waals surface area contributed by atoms with Gasteiger partial charge in [-0.05, 0) is 30.7 Å². The van der Waals surface area contributed by atoms with Gasteiger partial charge in [0.2, 0.25) is 10.0 Å². The van der Waals surface area contributed by atoms with Crippen molar-refractivity contribution in [1.82, 2.24) is 15.5 Å². The first-order chi connectivity index (χ1) is 15.0. The molecule has 0 fully saturated rings. The molecule has 2 aromatic carbocycles. The zero-order valence-corrected chi connectivity index (χ0v) is 18.4. The molecule has 0 amide bonds. The molecule has 15 heteroatoms. The highest BCUT2D eigenvalue weighted by Crippen LogP contribution is 2.36. The van der Waals surface area contributed by atoms with Crippen molar-refractivity contribution in [3.63, 3.8) is 0 Å². The number of para-hydroxylation sites is 1. The van der Waals surface area contributed by atoms with E-state index in [9.17, 15) is 16.8 Å². The van der Waals surface area contributed by atoms with E-state index in [0.717, 1.165) is 6.07 Å². The van der Waals surface area contributed by atoms with Gasteiger partial charge in [0.25, 0.3) is 0 Å². The summed E-state index contributed by atoms with van der Waals surface area (Å²) in [7, 11) is -8.69. The topological polar surface area (TPSA) is 251 Å². The first kappa shape index (κ1) is 23.4. The number of rotatable bonds is 8. The molecule has 0 aliphatic carbocycles. The Bertz CT molecular complexity index is 1410. The summed E-state index contributed by atoms with van der Waals surface area (Å²) in [6, 6.07) is 7.59. The maximum absolute atomic E-state index is 12.9. The van der Waals surface area contributed by atoms with Gasteiger partial charge in [-0.1, -0.05) is 18.2 Å². The number of aromatic amines is 1. The molecule has 0 spiro atoms. The second kappa shape index (κ2) is 8.71. The number of amidine groups is 1. The van der Waals surface area contributed by atoms with Crippen LogP contribution < -0.4 is 33.7 Å². The van der Waals surface area contributed by atoms with Crippen molar-refractivity contribution in [3.05, 3.63) is 35.9 Å². The zero-order chi connectivity index (χ0) is 23.7. The standard InChI is InChI=1S/C17H23N9O4S2/c18-7-2-8-31(27,28)12-6-5-9(10-3-1-4-11-14(10)24-17(20)23-11)13(16(19)25-26-21)15(12)32(22,29)30/h1,3-6,26H,2,7-8,18,21H2,(H2,19,25)(H3,20,23,24)(H2,22,29,30). The number of hydrogen-bond acceptors (Lipinski definition) is 10. The molecule has 0 saturated carbocycles. The van der Waals surface area contributed by atoms with E-state index in [-0.39, 0.29) is 35.8 Å². The molecular weight excluding hydrogens is 458 g/mol. The first-order valence-corrected chi connectivity index (χ1v) is 12.4. The summed E-state index contributed by atoms with van der Waals surface area (Å²) in [5, 5.41) is 9.12. The summed E-state index contributed by atoms with van der Waals surface area (Å²) in [6.45, 7) is 0.0954. The second-order valence-electron chi connectivity index (χ2n) is 6.77. The SMILES string of the molecule is NCCCS(=O)(=O)c1ccc(-c2cccc3[nH]c(N)nc23)c(/C(N)=N/NN)c1S(N)(=O)=O. The number of fused-ring (bicyclic) bond motifs is 1. The normalized spacial score (nSPS) is 12.9. The average molecular weight is 482 g/mol. The molecule has 0 aliphatic rings. The number of nitrogens with one attached hydrogen (secondary N) is 2. The van der Waals surface area contributed by atoms with Crippen molar-refractivity contribution in [2.75, 3.05) is 18.0 Å². The number of nitrogens with two attached hydrogens (primary N) is 5. The lowest BCUT2D eigenvalue weighted by molar-refractivity contribution is 0.582. The van der Waals surface area contributed by atoms with Crippen LogP contribution in [-0.4, -0.2) is 44.9 Å². The predicted molar refractivity (Wildman–Crippen MR) is 121 cm³/mol. The lowest BCUT2D eigenvalue weighted by Crippen LogP contribution is -2.28. The number of primary sulfonamides is 1. The molecule has 0 aliphatic heterocycles. The highest BCUT2D eigenvalue weighted by molar-refractivity contribution is 7.93. The number of sulfonamides is 1. The number of hydrazone groups is 1. The van der Waals surface area contributed by atoms with Crippen LogP contribution in [0.15, 0.2) is 45.2 Å². The van der Waals surface area contributed by atoms with Gasteiger partial charge in [0.05, 0.1) is 21.7 Å². The maximum Gasteiger partial charge on any atom is 0.240 e. The molecule has 0 atom stereocenters. The Kier molecular flexibility index (Phi) is 6.38. The van der Waals surface area contributed by atoms with E-state index >= 15 is 0 Å². The number of sulfone groups is 1. The van der Waals surface area contributed by atoms with Gasteiger partial charge in [-0.15, -0.1) is 5.10 Å². The monoisotopic (exact) mass is 481 g/mol. The molecule has 172 valence electrons. The van der Waals surface area contributed by atoms with E-state index in [1.165, 1.54) is 6.07 Å². The van der Waals surface area contributed by atoms with Gasteiger partial charge in [0, 0.05) is 11.1 Å². The van der Waals surface area contributed by atoms with Gasteiger partial charge in [0.1, 0.15) is 4.90 Å². The molecule has 12 N–H and O–H groups in total. The third kappa shape index (κ3) is 4.37. The number of aromatic nitrogens is 2. The fraction of sp³-hybridized carbons (Fsp3) is 0.176. The number of nitrogens with zero attached hydrogens (tertiary/aromatic N) is 2. The number of hydrogen-bond donors (Lipinski definition) is 7. The molecule has 1 aromatic heterocycles. The van der Waals surface area contributed by atoms with E-state index in [2.05, 4.69) is 15.1 Å². The summed E-state index contributed by atoms with van der Waals surface area (Å²) >= 11 is 0. The van der Waals surface area contributed by atoms with Gasteiger partial charge < -0.3 is 22.2 Å². The van der Waals surface area contributed by atoms with Gasteiger partial charge in [-0.3, -0.25) is 0 Å². The molecule has 3 rings (SSSR count). The molecule has 13 nitrogen and oxygen atoms in total. The van der Waals surface area contributed by atoms with E-state index in [1.54, 1.807) is 18.2 Å². The fourth-order valence-corrected chi connectivity index (χ4v) is 6.35. The Balaban J connectivity index is 2.49. The Morgan fingerprint density at radius 1 is 1.12 bits per heavy atom. The van der Waals surface area contributed by atoms with Crippen molar-refractivity contribution in [2.45, 2.75) is 16.2 Å². The van der Waals surface area contributed by atoms with E-state index in [1.807, 2.05) is 5.53 Å². The quantitative estimate of drug-likeness (QED) is 0.0862. The maximum atomic E-state index is 12.9. The fourth-order valence-electron chi connectivity index (χ4n) is 3.35. The number of benzene rings is 2. The van der Waals surface area contributed by atoms with E-state index in [0.29, 0.717) is 16.6 Å². The molecule has 0 radical (unpaired) electrons. The van der Waals surface area contributed by atoms with E-state index in [4.69, 9.17) is 28.2 Å². The molecule has 0 saturated heterocycles. The molecule has 32 heavy (non-hydrogen) atoms. The third-order valence-corrected chi connectivity index (χ3v) is 7.58. The van der Waals surface area contributed by atoms with Crippen LogP contribution >= 0.6 is 0 Å². The van der Waals surface area contributed by atoms with Crippen LogP contribution in [0.2, 0.25) is 0 Å². The molecule has 0 bridgehead atoms. The minimum atomic E-state index is -4.61. The largest absolute Gasteiger partial charge is 0.382 e. The van der Waals surface area contributed by atoms with Crippen molar-refractivity contribution in [2.24, 2.45) is 27.6 Å². The summed E-state index contributed by atoms with van der Waals surface area (Å²) in [5.41, 5.74) is 20.5. The predicted octanol–water partition coefficient (Wildman–Crippen LogP) is -1.33. The minimum Gasteiger partial charge on any atom is -0.382 e. The van der Waals surface area contributed by atoms with Crippen molar-refractivity contribution < 1.29 is 16.8 Å². The van der Waals surface area contributed by atoms with Crippen LogP contribution in [0.5, 0.6) is 0 Å². The third-order valence-electron chi connectivity index (χ3n) is 4.62. The Morgan fingerprint density at radius 3 is 2.47 bits per heavy atom. The highest BCUT2D eigenvalue weighted by Gasteiger charge is 2.31. The summed E-state index contributed by atoms with van der Waals surface area (Å²) < 4.78 is 51.1. The molecule has 3 aromatic rings. The lowest BCUT2D eigenvalue weighted by atomic mass is 9.97. The van der Waals surface area contributed by atoms with Crippen LogP contribution in [0.4, 0.5) is 5.95 Å². The van der Waals surface area contributed by atoms with Crippen molar-refractivity contribution >= 4 is 42.7 Å². The molecule has 0 unspecified atom stereocenters. The molecule has 1 heterocycles. The lowest BCUT2D eigenvalue weighted by Gasteiger charge is -2.18. The van der Waals surface area contributed by atoms with Crippen LogP contribution in [-0.2, 0) is 19.9 Å². The first-order valence-electron chi connectivity index (χ1n) is 9.17. The van der Waals surface area contributed by atoms with Gasteiger partial charge in [-0.25, -0.2) is 38.3 Å². The second-order valence-corrected chi connectivity index (χ2v) is 10.3. The highest BCUT2D eigenvalue weighted by atomic mass is 32.2. The zero-order valence-electron chi connectivity index (χ0n) is 16.7.